The average molecular weight is 283 g/mol. The number of hydrogen-bond acceptors (Lipinski definition) is 2. The van der Waals surface area contributed by atoms with Crippen LogP contribution in [0.15, 0.2) is 0 Å². The second kappa shape index (κ2) is 8.98. The summed E-state index contributed by atoms with van der Waals surface area (Å²) in [5.41, 5.74) is 0. The molecule has 1 fully saturated rings. The van der Waals surface area contributed by atoms with E-state index in [2.05, 4.69) is 12.2 Å². The lowest BCUT2D eigenvalue weighted by Gasteiger charge is -2.27. The number of aliphatic carboxylic acids is 1. The molecule has 4 nitrogen and oxygen atoms in total. The Morgan fingerprint density at radius 1 is 1.25 bits per heavy atom. The van der Waals surface area contributed by atoms with Crippen LogP contribution >= 0.6 is 0 Å². The van der Waals surface area contributed by atoms with Gasteiger partial charge in [-0.15, -0.1) is 0 Å². The third-order valence-electron chi connectivity index (χ3n) is 4.48. The van der Waals surface area contributed by atoms with E-state index in [-0.39, 0.29) is 17.7 Å². The van der Waals surface area contributed by atoms with Crippen LogP contribution in [-0.4, -0.2) is 23.5 Å². The van der Waals surface area contributed by atoms with Gasteiger partial charge in [0.05, 0.1) is 5.92 Å². The van der Waals surface area contributed by atoms with Crippen LogP contribution in [0.5, 0.6) is 0 Å². The summed E-state index contributed by atoms with van der Waals surface area (Å²) in [5.74, 6) is -0.105. The van der Waals surface area contributed by atoms with E-state index in [1.807, 2.05) is 0 Å². The van der Waals surface area contributed by atoms with Crippen LogP contribution in [0.25, 0.3) is 0 Å². The Morgan fingerprint density at radius 3 is 2.45 bits per heavy atom. The van der Waals surface area contributed by atoms with Gasteiger partial charge in [-0.3, -0.25) is 9.59 Å². The highest BCUT2D eigenvalue weighted by molar-refractivity contribution is 5.78. The normalized spacial score (nSPS) is 24.1. The first-order valence-corrected chi connectivity index (χ1v) is 8.05. The minimum Gasteiger partial charge on any atom is -0.481 e. The molecule has 0 aromatic carbocycles. The number of carboxylic acid groups (broad SMARTS) is 1. The number of amides is 1. The van der Waals surface area contributed by atoms with Gasteiger partial charge in [0.1, 0.15) is 0 Å². The summed E-state index contributed by atoms with van der Waals surface area (Å²) < 4.78 is 0. The molecule has 0 heterocycles. The fourth-order valence-electron chi connectivity index (χ4n) is 2.89. The lowest BCUT2D eigenvalue weighted by atomic mass is 9.79. The van der Waals surface area contributed by atoms with E-state index >= 15 is 0 Å². The van der Waals surface area contributed by atoms with Gasteiger partial charge in [0.15, 0.2) is 0 Å². The Kier molecular flexibility index (Phi) is 7.63. The van der Waals surface area contributed by atoms with Crippen molar-refractivity contribution in [1.82, 2.24) is 5.32 Å². The van der Waals surface area contributed by atoms with E-state index in [1.165, 1.54) is 32.1 Å². The second-order valence-corrected chi connectivity index (χ2v) is 6.18. The maximum atomic E-state index is 12.0. The van der Waals surface area contributed by atoms with Gasteiger partial charge in [-0.05, 0) is 38.0 Å². The zero-order valence-electron chi connectivity index (χ0n) is 12.9. The Bertz CT molecular complexity index is 309. The molecule has 2 N–H and O–H groups in total. The summed E-state index contributed by atoms with van der Waals surface area (Å²) in [7, 11) is 0. The van der Waals surface area contributed by atoms with E-state index in [0.717, 1.165) is 18.8 Å². The van der Waals surface area contributed by atoms with Crippen LogP contribution in [0.4, 0.5) is 0 Å². The number of unbranched alkanes of at least 4 members (excludes halogenated alkanes) is 1. The second-order valence-electron chi connectivity index (χ2n) is 6.18. The van der Waals surface area contributed by atoms with Crippen molar-refractivity contribution in [1.29, 1.82) is 0 Å². The van der Waals surface area contributed by atoms with E-state index in [9.17, 15) is 9.59 Å². The standard InChI is InChI=1S/C16H29NO3/c1-3-4-5-13-6-8-14(9-7-13)15(18)17-11-10-12(2)16(19)20/h12-14H,3-11H2,1-2H3,(H,17,18)(H,19,20). The Hall–Kier alpha value is -1.06. The number of hydrogen-bond donors (Lipinski definition) is 2. The maximum Gasteiger partial charge on any atom is 0.306 e. The Morgan fingerprint density at radius 2 is 1.90 bits per heavy atom. The van der Waals surface area contributed by atoms with Gasteiger partial charge in [0.25, 0.3) is 0 Å². The molecule has 1 atom stereocenters. The smallest absolute Gasteiger partial charge is 0.306 e. The largest absolute Gasteiger partial charge is 0.481 e. The molecule has 1 amide bonds. The van der Waals surface area contributed by atoms with Gasteiger partial charge in [0, 0.05) is 12.5 Å². The summed E-state index contributed by atoms with van der Waals surface area (Å²) in [6.45, 7) is 4.37. The molecule has 0 aliphatic heterocycles. The highest BCUT2D eigenvalue weighted by Gasteiger charge is 2.25. The third-order valence-corrected chi connectivity index (χ3v) is 4.48. The topological polar surface area (TPSA) is 66.4 Å². The zero-order chi connectivity index (χ0) is 15.0. The van der Waals surface area contributed by atoms with Crippen molar-refractivity contribution in [2.45, 2.75) is 65.2 Å². The van der Waals surface area contributed by atoms with Gasteiger partial charge < -0.3 is 10.4 Å². The van der Waals surface area contributed by atoms with Crippen LogP contribution in [0.2, 0.25) is 0 Å². The first kappa shape index (κ1) is 17.0. The molecule has 1 unspecified atom stereocenters. The predicted octanol–water partition coefficient (Wildman–Crippen LogP) is 3.21. The third kappa shape index (κ3) is 5.93. The van der Waals surface area contributed by atoms with Crippen LogP contribution in [-0.2, 0) is 9.59 Å². The number of rotatable bonds is 8. The SMILES string of the molecule is CCCCC1CCC(C(=O)NCCC(C)C(=O)O)CC1. The van der Waals surface area contributed by atoms with Crippen molar-refractivity contribution < 1.29 is 14.7 Å². The molecule has 4 heteroatoms. The maximum absolute atomic E-state index is 12.0. The molecule has 116 valence electrons. The average Bonchev–Trinajstić information content (AvgIpc) is 2.45. The lowest BCUT2D eigenvalue weighted by molar-refractivity contribution is -0.141. The zero-order valence-corrected chi connectivity index (χ0v) is 12.9. The van der Waals surface area contributed by atoms with Crippen molar-refractivity contribution in [3.05, 3.63) is 0 Å². The lowest BCUT2D eigenvalue weighted by Crippen LogP contribution is -2.34. The van der Waals surface area contributed by atoms with Crippen molar-refractivity contribution in [3.63, 3.8) is 0 Å². The molecule has 0 aromatic rings. The van der Waals surface area contributed by atoms with Crippen molar-refractivity contribution in [2.24, 2.45) is 17.8 Å². The number of carbonyl (C=O) groups excluding carboxylic acids is 1. The number of carbonyl (C=O) groups is 2. The molecule has 1 saturated carbocycles. The monoisotopic (exact) mass is 283 g/mol. The minimum absolute atomic E-state index is 0.122. The van der Waals surface area contributed by atoms with Gasteiger partial charge in [-0.25, -0.2) is 0 Å². The number of carboxylic acids is 1. The van der Waals surface area contributed by atoms with Gasteiger partial charge in [-0.1, -0.05) is 33.1 Å². The first-order valence-electron chi connectivity index (χ1n) is 8.05. The van der Waals surface area contributed by atoms with Crippen LogP contribution in [0, 0.1) is 17.8 Å². The first-order chi connectivity index (χ1) is 9.54. The summed E-state index contributed by atoms with van der Waals surface area (Å²) >= 11 is 0. The Balaban J connectivity index is 2.17. The summed E-state index contributed by atoms with van der Waals surface area (Å²) in [4.78, 5) is 22.7. The van der Waals surface area contributed by atoms with Crippen LogP contribution in [0.3, 0.4) is 0 Å². The summed E-state index contributed by atoms with van der Waals surface area (Å²) in [6, 6.07) is 0. The molecule has 1 aliphatic carbocycles. The Labute approximate surface area is 122 Å². The van der Waals surface area contributed by atoms with E-state index in [4.69, 9.17) is 5.11 Å². The quantitative estimate of drug-likeness (QED) is 0.719. The molecule has 0 bridgehead atoms. The van der Waals surface area contributed by atoms with Crippen molar-refractivity contribution in [2.75, 3.05) is 6.54 Å². The van der Waals surface area contributed by atoms with Crippen LogP contribution < -0.4 is 5.32 Å². The highest BCUT2D eigenvalue weighted by Crippen LogP contribution is 2.31. The van der Waals surface area contributed by atoms with Gasteiger partial charge >= 0.3 is 5.97 Å². The molecule has 0 radical (unpaired) electrons. The highest BCUT2D eigenvalue weighted by atomic mass is 16.4. The van der Waals surface area contributed by atoms with E-state index < -0.39 is 5.97 Å². The molecule has 0 saturated heterocycles. The molecular weight excluding hydrogens is 254 g/mol. The molecule has 0 aromatic heterocycles. The summed E-state index contributed by atoms with van der Waals surface area (Å²) in [6.07, 6.45) is 8.70. The number of nitrogens with one attached hydrogen (secondary N) is 1. The molecular formula is C16H29NO3. The molecule has 1 rings (SSSR count). The fraction of sp³-hybridized carbons (Fsp3) is 0.875. The van der Waals surface area contributed by atoms with Gasteiger partial charge in [-0.2, -0.15) is 0 Å². The van der Waals surface area contributed by atoms with Crippen molar-refractivity contribution >= 4 is 11.9 Å². The van der Waals surface area contributed by atoms with E-state index in [1.54, 1.807) is 6.92 Å². The molecule has 1 aliphatic rings. The van der Waals surface area contributed by atoms with Crippen molar-refractivity contribution in [3.8, 4) is 0 Å². The summed E-state index contributed by atoms with van der Waals surface area (Å²) in [5, 5.41) is 11.7. The predicted molar refractivity (Wildman–Crippen MR) is 79.4 cm³/mol. The molecule has 20 heavy (non-hydrogen) atoms. The van der Waals surface area contributed by atoms with E-state index in [0.29, 0.717) is 13.0 Å². The van der Waals surface area contributed by atoms with Crippen LogP contribution in [0.1, 0.15) is 65.2 Å². The fourth-order valence-corrected chi connectivity index (χ4v) is 2.89. The minimum atomic E-state index is -0.796. The molecule has 0 spiro atoms. The van der Waals surface area contributed by atoms with Gasteiger partial charge in [0.2, 0.25) is 5.91 Å².